The third-order valence-corrected chi connectivity index (χ3v) is 2.61. The summed E-state index contributed by atoms with van der Waals surface area (Å²) in [4.78, 5) is 22.5. The second-order valence-electron chi connectivity index (χ2n) is 3.16. The molecule has 0 amide bonds. The summed E-state index contributed by atoms with van der Waals surface area (Å²) < 4.78 is 5.14. The summed E-state index contributed by atoms with van der Waals surface area (Å²) in [5.74, 6) is -0.763. The Kier molecular flexibility index (Phi) is 4.03. The molecule has 0 aliphatic heterocycles. The van der Waals surface area contributed by atoms with Gasteiger partial charge in [0.05, 0.1) is 7.11 Å². The Morgan fingerprint density at radius 1 is 1.40 bits per heavy atom. The highest BCUT2D eigenvalue weighted by molar-refractivity contribution is 9.10. The van der Waals surface area contributed by atoms with E-state index in [1.807, 2.05) is 19.1 Å². The van der Waals surface area contributed by atoms with Gasteiger partial charge in [-0.2, -0.15) is 0 Å². The molecule has 0 spiro atoms. The quantitative estimate of drug-likeness (QED) is 0.482. The maximum atomic E-state index is 11.6. The molecule has 80 valence electrons. The Hall–Kier alpha value is -1.16. The van der Waals surface area contributed by atoms with Gasteiger partial charge in [-0.25, -0.2) is 0 Å². The van der Waals surface area contributed by atoms with Crippen LogP contribution in [0, 0.1) is 6.92 Å². The molecule has 1 aromatic carbocycles. The van der Waals surface area contributed by atoms with Gasteiger partial charge in [0.25, 0.3) is 0 Å². The number of benzene rings is 1. The van der Waals surface area contributed by atoms with Crippen LogP contribution >= 0.6 is 15.9 Å². The van der Waals surface area contributed by atoms with E-state index in [1.165, 1.54) is 7.11 Å². The topological polar surface area (TPSA) is 43.4 Å². The average molecular weight is 271 g/mol. The molecule has 1 aromatic rings. The molecule has 0 aliphatic carbocycles. The van der Waals surface area contributed by atoms with Crippen LogP contribution in [0.15, 0.2) is 22.7 Å². The van der Waals surface area contributed by atoms with E-state index >= 15 is 0 Å². The average Bonchev–Trinajstić information content (AvgIpc) is 2.17. The van der Waals surface area contributed by atoms with Gasteiger partial charge in [0.15, 0.2) is 5.78 Å². The van der Waals surface area contributed by atoms with Gasteiger partial charge < -0.3 is 4.74 Å². The van der Waals surface area contributed by atoms with E-state index in [0.717, 1.165) is 5.56 Å². The molecule has 0 bridgehead atoms. The molecular formula is C11H11BrO3. The third kappa shape index (κ3) is 3.16. The lowest BCUT2D eigenvalue weighted by Crippen LogP contribution is -2.10. The number of esters is 1. The smallest absolute Gasteiger partial charge is 0.313 e. The lowest BCUT2D eigenvalue weighted by Gasteiger charge is -2.03. The first kappa shape index (κ1) is 11.9. The van der Waals surface area contributed by atoms with Gasteiger partial charge in [0, 0.05) is 10.0 Å². The molecule has 15 heavy (non-hydrogen) atoms. The lowest BCUT2D eigenvalue weighted by atomic mass is 10.1. The fourth-order valence-electron chi connectivity index (χ4n) is 1.14. The van der Waals surface area contributed by atoms with Gasteiger partial charge in [-0.3, -0.25) is 9.59 Å². The van der Waals surface area contributed by atoms with E-state index in [-0.39, 0.29) is 12.2 Å². The molecule has 0 heterocycles. The van der Waals surface area contributed by atoms with E-state index in [4.69, 9.17) is 0 Å². The van der Waals surface area contributed by atoms with Crippen molar-refractivity contribution in [1.29, 1.82) is 0 Å². The second-order valence-corrected chi connectivity index (χ2v) is 4.01. The zero-order valence-electron chi connectivity index (χ0n) is 8.54. The Morgan fingerprint density at radius 3 is 2.60 bits per heavy atom. The van der Waals surface area contributed by atoms with Crippen LogP contribution in [0.1, 0.15) is 22.3 Å². The highest BCUT2D eigenvalue weighted by Gasteiger charge is 2.14. The summed E-state index contributed by atoms with van der Waals surface area (Å²) in [6, 6.07) is 5.37. The highest BCUT2D eigenvalue weighted by atomic mass is 79.9. The fraction of sp³-hybridized carbons (Fsp3) is 0.273. The molecule has 1 rings (SSSR count). The molecule has 0 atom stereocenters. The Morgan fingerprint density at radius 2 is 2.07 bits per heavy atom. The van der Waals surface area contributed by atoms with Gasteiger partial charge in [0.2, 0.25) is 0 Å². The first-order valence-electron chi connectivity index (χ1n) is 4.40. The van der Waals surface area contributed by atoms with Crippen molar-refractivity contribution in [2.45, 2.75) is 13.3 Å². The number of halogens is 1. The summed E-state index contributed by atoms with van der Waals surface area (Å²) in [6.07, 6.45) is -0.224. The molecular weight excluding hydrogens is 260 g/mol. The third-order valence-electron chi connectivity index (χ3n) is 1.96. The zero-order valence-corrected chi connectivity index (χ0v) is 10.1. The minimum Gasteiger partial charge on any atom is -0.469 e. The van der Waals surface area contributed by atoms with Gasteiger partial charge in [-0.1, -0.05) is 22.0 Å². The number of carbonyl (C=O) groups is 2. The second kappa shape index (κ2) is 5.07. The van der Waals surface area contributed by atoms with Gasteiger partial charge >= 0.3 is 5.97 Å². The number of ketones is 1. The monoisotopic (exact) mass is 270 g/mol. The zero-order chi connectivity index (χ0) is 11.4. The predicted molar refractivity (Wildman–Crippen MR) is 59.8 cm³/mol. The van der Waals surface area contributed by atoms with E-state index < -0.39 is 5.97 Å². The normalized spacial score (nSPS) is 9.80. The van der Waals surface area contributed by atoms with Gasteiger partial charge in [0.1, 0.15) is 6.42 Å². The standard InChI is InChI=1S/C11H11BrO3/c1-7-3-4-8(9(12)5-7)10(13)6-11(14)15-2/h3-5H,6H2,1-2H3. The summed E-state index contributed by atoms with van der Waals surface area (Å²) in [5.41, 5.74) is 1.56. The van der Waals surface area contributed by atoms with Crippen molar-refractivity contribution in [3.8, 4) is 0 Å². The van der Waals surface area contributed by atoms with Crippen molar-refractivity contribution >= 4 is 27.7 Å². The summed E-state index contributed by atoms with van der Waals surface area (Å²) in [7, 11) is 1.26. The van der Waals surface area contributed by atoms with Crippen LogP contribution in [-0.2, 0) is 9.53 Å². The minimum absolute atomic E-state index is 0.224. The molecule has 3 nitrogen and oxygen atoms in total. The number of rotatable bonds is 3. The molecule has 0 radical (unpaired) electrons. The predicted octanol–water partition coefficient (Wildman–Crippen LogP) is 2.50. The summed E-state index contributed by atoms with van der Waals surface area (Å²) >= 11 is 3.29. The molecule has 0 aliphatic rings. The van der Waals surface area contributed by atoms with E-state index in [0.29, 0.717) is 10.0 Å². The molecule has 0 unspecified atom stereocenters. The number of carbonyl (C=O) groups excluding carboxylic acids is 2. The highest BCUT2D eigenvalue weighted by Crippen LogP contribution is 2.19. The first-order chi connectivity index (χ1) is 7.04. The van der Waals surface area contributed by atoms with Crippen molar-refractivity contribution in [2.75, 3.05) is 7.11 Å². The number of hydrogen-bond donors (Lipinski definition) is 0. The SMILES string of the molecule is COC(=O)CC(=O)c1ccc(C)cc1Br. The maximum absolute atomic E-state index is 11.6. The number of Topliss-reactive ketones (excluding diaryl/α,β-unsaturated/α-hetero) is 1. The van der Waals surface area contributed by atoms with Crippen molar-refractivity contribution in [3.05, 3.63) is 33.8 Å². The molecule has 0 fully saturated rings. The minimum atomic E-state index is -0.521. The molecule has 4 heteroatoms. The number of hydrogen-bond acceptors (Lipinski definition) is 3. The van der Waals surface area contributed by atoms with E-state index in [1.54, 1.807) is 6.07 Å². The van der Waals surface area contributed by atoms with E-state index in [9.17, 15) is 9.59 Å². The molecule has 0 N–H and O–H groups in total. The van der Waals surface area contributed by atoms with Crippen LogP contribution in [-0.4, -0.2) is 18.9 Å². The van der Waals surface area contributed by atoms with Gasteiger partial charge in [-0.05, 0) is 24.6 Å². The van der Waals surface area contributed by atoms with Crippen LogP contribution < -0.4 is 0 Å². The first-order valence-corrected chi connectivity index (χ1v) is 5.20. The van der Waals surface area contributed by atoms with Crippen LogP contribution in [0.2, 0.25) is 0 Å². The number of methoxy groups -OCH3 is 1. The molecule has 0 saturated carbocycles. The van der Waals surface area contributed by atoms with E-state index in [2.05, 4.69) is 20.7 Å². The maximum Gasteiger partial charge on any atom is 0.313 e. The largest absolute Gasteiger partial charge is 0.469 e. The fourth-order valence-corrected chi connectivity index (χ4v) is 1.86. The molecule has 0 saturated heterocycles. The summed E-state index contributed by atoms with van der Waals surface area (Å²) in [5, 5.41) is 0. The van der Waals surface area contributed by atoms with Crippen LogP contribution in [0.5, 0.6) is 0 Å². The Balaban J connectivity index is 2.87. The van der Waals surface area contributed by atoms with Gasteiger partial charge in [-0.15, -0.1) is 0 Å². The number of ether oxygens (including phenoxy) is 1. The van der Waals surface area contributed by atoms with Crippen molar-refractivity contribution < 1.29 is 14.3 Å². The van der Waals surface area contributed by atoms with Crippen molar-refractivity contribution in [3.63, 3.8) is 0 Å². The van der Waals surface area contributed by atoms with Crippen LogP contribution in [0.4, 0.5) is 0 Å². The van der Waals surface area contributed by atoms with Crippen LogP contribution in [0.3, 0.4) is 0 Å². The summed E-state index contributed by atoms with van der Waals surface area (Å²) in [6.45, 7) is 1.93. The molecule has 0 aromatic heterocycles. The van der Waals surface area contributed by atoms with Crippen LogP contribution in [0.25, 0.3) is 0 Å². The Bertz CT molecular complexity index is 399. The van der Waals surface area contributed by atoms with Crippen molar-refractivity contribution in [2.24, 2.45) is 0 Å². The Labute approximate surface area is 96.6 Å². The van der Waals surface area contributed by atoms with Crippen molar-refractivity contribution in [1.82, 2.24) is 0 Å². The number of aryl methyl sites for hydroxylation is 1. The lowest BCUT2D eigenvalue weighted by molar-refractivity contribution is -0.139.